The Morgan fingerprint density at radius 3 is 2.84 bits per heavy atom. The average molecular weight is 336 g/mol. The molecular weight excluding hydrogens is 320 g/mol. The summed E-state index contributed by atoms with van der Waals surface area (Å²) in [6, 6.07) is 7.30. The molecule has 2 aromatic rings. The molecule has 6 nitrogen and oxygen atoms in total. The van der Waals surface area contributed by atoms with Crippen LogP contribution in [0.25, 0.3) is 11.3 Å². The van der Waals surface area contributed by atoms with Gasteiger partial charge >= 0.3 is 6.01 Å². The number of ether oxygens (including phenoxy) is 2. The van der Waals surface area contributed by atoms with Crippen molar-refractivity contribution in [3.8, 4) is 17.1 Å². The van der Waals surface area contributed by atoms with Gasteiger partial charge in [0.25, 0.3) is 0 Å². The number of hydrogen-bond donors (Lipinski definition) is 1. The molecule has 0 saturated carbocycles. The maximum Gasteiger partial charge on any atom is 0.309 e. The Kier molecular flexibility index (Phi) is 4.00. The van der Waals surface area contributed by atoms with Crippen molar-refractivity contribution in [3.05, 3.63) is 79.1 Å². The third-order valence-electron chi connectivity index (χ3n) is 3.85. The van der Waals surface area contributed by atoms with Crippen molar-refractivity contribution in [3.63, 3.8) is 0 Å². The van der Waals surface area contributed by atoms with Crippen LogP contribution in [-0.4, -0.2) is 10.1 Å². The van der Waals surface area contributed by atoms with Gasteiger partial charge in [0.1, 0.15) is 18.3 Å². The molecule has 0 unspecified atom stereocenters. The van der Waals surface area contributed by atoms with Crippen LogP contribution in [0.3, 0.4) is 0 Å². The lowest BCUT2D eigenvalue weighted by Gasteiger charge is -2.26. The summed E-state index contributed by atoms with van der Waals surface area (Å²) >= 11 is 0. The van der Waals surface area contributed by atoms with Crippen LogP contribution in [0.4, 0.5) is 6.01 Å². The molecule has 0 spiro atoms. The lowest BCUT2D eigenvalue weighted by molar-refractivity contribution is 0.247. The molecular formula is C19H16N2O4. The summed E-state index contributed by atoms with van der Waals surface area (Å²) in [5.74, 6) is 1.06. The number of anilines is 1. The zero-order chi connectivity index (χ0) is 17.1. The predicted octanol–water partition coefficient (Wildman–Crippen LogP) is 4.40. The molecule has 25 heavy (non-hydrogen) atoms. The molecule has 1 aliphatic carbocycles. The van der Waals surface area contributed by atoms with Crippen LogP contribution in [-0.2, 0) is 9.47 Å². The van der Waals surface area contributed by atoms with Gasteiger partial charge in [-0.1, -0.05) is 24.3 Å². The molecule has 0 amide bonds. The maximum absolute atomic E-state index is 10.0. The first-order valence-electron chi connectivity index (χ1n) is 7.90. The number of nitrogens with zero attached hydrogens (tertiary/aromatic N) is 2. The highest BCUT2D eigenvalue weighted by Gasteiger charge is 2.25. The third-order valence-corrected chi connectivity index (χ3v) is 3.85. The number of allylic oxidation sites excluding steroid dienone is 4. The van der Waals surface area contributed by atoms with Gasteiger partial charge in [-0.25, -0.2) is 9.88 Å². The van der Waals surface area contributed by atoms with E-state index in [1.165, 1.54) is 18.8 Å². The second kappa shape index (κ2) is 6.60. The van der Waals surface area contributed by atoms with E-state index in [9.17, 15) is 5.11 Å². The molecule has 4 rings (SSSR count). The molecule has 0 radical (unpaired) electrons. The number of hydrogen-bond acceptors (Lipinski definition) is 6. The van der Waals surface area contributed by atoms with Crippen LogP contribution in [0, 0.1) is 0 Å². The molecule has 0 bridgehead atoms. The fourth-order valence-corrected chi connectivity index (χ4v) is 2.67. The highest BCUT2D eigenvalue weighted by atomic mass is 16.5. The van der Waals surface area contributed by atoms with E-state index in [4.69, 9.17) is 13.9 Å². The Labute approximate surface area is 144 Å². The van der Waals surface area contributed by atoms with E-state index in [0.717, 1.165) is 18.5 Å². The molecule has 0 saturated heterocycles. The van der Waals surface area contributed by atoms with Gasteiger partial charge in [0.2, 0.25) is 5.88 Å². The van der Waals surface area contributed by atoms with E-state index in [0.29, 0.717) is 23.2 Å². The van der Waals surface area contributed by atoms with Crippen LogP contribution in [0.5, 0.6) is 5.75 Å². The molecule has 2 heterocycles. The molecule has 1 aliphatic heterocycles. The van der Waals surface area contributed by atoms with Gasteiger partial charge in [-0.3, -0.25) is 0 Å². The SMILES string of the molecule is Oc1ccccc1-c1cnc(N(C2=CC=CCC2)C2=COC=CO2)o1. The van der Waals surface area contributed by atoms with Crippen molar-refractivity contribution >= 4 is 6.01 Å². The van der Waals surface area contributed by atoms with E-state index in [2.05, 4.69) is 11.1 Å². The maximum atomic E-state index is 10.0. The van der Waals surface area contributed by atoms with Crippen LogP contribution < -0.4 is 4.90 Å². The number of para-hydroxylation sites is 1. The quantitative estimate of drug-likeness (QED) is 0.892. The molecule has 0 fully saturated rings. The number of benzene rings is 1. The number of aromatic nitrogens is 1. The second-order valence-corrected chi connectivity index (χ2v) is 5.47. The van der Waals surface area contributed by atoms with E-state index in [-0.39, 0.29) is 5.75 Å². The lowest BCUT2D eigenvalue weighted by Crippen LogP contribution is -2.24. The number of rotatable bonds is 4. The Morgan fingerprint density at radius 1 is 1.16 bits per heavy atom. The largest absolute Gasteiger partial charge is 0.507 e. The van der Waals surface area contributed by atoms with E-state index < -0.39 is 0 Å². The summed E-state index contributed by atoms with van der Waals surface area (Å²) < 4.78 is 16.7. The van der Waals surface area contributed by atoms with Gasteiger partial charge in [-0.05, 0) is 31.1 Å². The van der Waals surface area contributed by atoms with Gasteiger partial charge in [0.15, 0.2) is 12.0 Å². The topological polar surface area (TPSA) is 68.0 Å². The van der Waals surface area contributed by atoms with Gasteiger partial charge in [0.05, 0.1) is 11.8 Å². The standard InChI is InChI=1S/C19H16N2O4/c22-16-9-5-4-8-15(16)17-12-20-19(25-17)21(14-6-2-1-3-7-14)18-13-23-10-11-24-18/h1-2,4-6,8-13,22H,3,7H2. The summed E-state index contributed by atoms with van der Waals surface area (Å²) in [6.07, 6.45) is 13.8. The first kappa shape index (κ1) is 15.1. The molecule has 126 valence electrons. The van der Waals surface area contributed by atoms with Crippen molar-refractivity contribution in [2.24, 2.45) is 0 Å². The minimum atomic E-state index is 0.135. The highest BCUT2D eigenvalue weighted by molar-refractivity contribution is 5.65. The number of phenolic OH excluding ortho intramolecular Hbond substituents is 1. The second-order valence-electron chi connectivity index (χ2n) is 5.47. The summed E-state index contributed by atoms with van der Waals surface area (Å²) in [6.45, 7) is 0. The van der Waals surface area contributed by atoms with E-state index in [1.54, 1.807) is 29.3 Å². The highest BCUT2D eigenvalue weighted by Crippen LogP contribution is 2.35. The molecule has 1 N–H and O–H groups in total. The molecule has 6 heteroatoms. The van der Waals surface area contributed by atoms with Crippen LogP contribution >= 0.6 is 0 Å². The zero-order valence-electron chi connectivity index (χ0n) is 13.3. The van der Waals surface area contributed by atoms with Gasteiger partial charge in [-0.15, -0.1) is 0 Å². The molecule has 1 aromatic carbocycles. The van der Waals surface area contributed by atoms with Crippen molar-refractivity contribution in [1.29, 1.82) is 0 Å². The van der Waals surface area contributed by atoms with Crippen molar-refractivity contribution in [1.82, 2.24) is 4.98 Å². The fraction of sp³-hybridized carbons (Fsp3) is 0.105. The van der Waals surface area contributed by atoms with Gasteiger partial charge in [0, 0.05) is 5.70 Å². The molecule has 2 aliphatic rings. The Balaban J connectivity index is 1.73. The zero-order valence-corrected chi connectivity index (χ0v) is 13.3. The van der Waals surface area contributed by atoms with Crippen molar-refractivity contribution in [2.75, 3.05) is 4.90 Å². The molecule has 0 atom stereocenters. The summed E-state index contributed by atoms with van der Waals surface area (Å²) in [7, 11) is 0. The minimum absolute atomic E-state index is 0.135. The van der Waals surface area contributed by atoms with E-state index in [1.807, 2.05) is 18.2 Å². The summed E-state index contributed by atoms with van der Waals surface area (Å²) in [5.41, 5.74) is 1.55. The Morgan fingerprint density at radius 2 is 2.08 bits per heavy atom. The molecule has 1 aromatic heterocycles. The predicted molar refractivity (Wildman–Crippen MR) is 91.9 cm³/mol. The number of aromatic hydroxyl groups is 1. The average Bonchev–Trinajstić information content (AvgIpc) is 3.13. The van der Waals surface area contributed by atoms with Crippen molar-refractivity contribution in [2.45, 2.75) is 12.8 Å². The van der Waals surface area contributed by atoms with Crippen LogP contribution in [0.2, 0.25) is 0 Å². The lowest BCUT2D eigenvalue weighted by atomic mass is 10.1. The normalized spacial score (nSPS) is 15.8. The minimum Gasteiger partial charge on any atom is -0.507 e. The first-order chi connectivity index (χ1) is 12.3. The number of phenols is 1. The first-order valence-corrected chi connectivity index (χ1v) is 7.90. The summed E-state index contributed by atoms with van der Waals surface area (Å²) in [4.78, 5) is 6.13. The third kappa shape index (κ3) is 3.01. The Hall–Kier alpha value is -3.41. The van der Waals surface area contributed by atoms with Gasteiger partial charge in [-0.2, -0.15) is 0 Å². The summed E-state index contributed by atoms with van der Waals surface area (Å²) in [5, 5.41) is 10.0. The van der Waals surface area contributed by atoms with Crippen LogP contribution in [0.15, 0.2) is 83.5 Å². The monoisotopic (exact) mass is 336 g/mol. The smallest absolute Gasteiger partial charge is 0.309 e. The fourth-order valence-electron chi connectivity index (χ4n) is 2.67. The van der Waals surface area contributed by atoms with E-state index >= 15 is 0 Å². The number of oxazole rings is 1. The Bertz CT molecular complexity index is 892. The van der Waals surface area contributed by atoms with Gasteiger partial charge < -0.3 is 19.0 Å². The van der Waals surface area contributed by atoms with Crippen LogP contribution in [0.1, 0.15) is 12.8 Å². The van der Waals surface area contributed by atoms with Crippen molar-refractivity contribution < 1.29 is 19.0 Å².